The van der Waals surface area contributed by atoms with Gasteiger partial charge in [-0.1, -0.05) is 6.92 Å². The average molecular weight is 291 g/mol. The molecule has 4 heteroatoms. The Hall–Kier alpha value is -1.58. The van der Waals surface area contributed by atoms with Crippen molar-refractivity contribution >= 4 is 5.97 Å². The number of hydrogen-bond donors (Lipinski definition) is 0. The van der Waals surface area contributed by atoms with E-state index in [0.29, 0.717) is 12.5 Å². The quantitative estimate of drug-likeness (QED) is 0.751. The highest BCUT2D eigenvalue weighted by molar-refractivity contribution is 5.72. The Balaban J connectivity index is 1.83. The number of esters is 1. The first-order valence-electron chi connectivity index (χ1n) is 7.97. The Morgan fingerprint density at radius 2 is 1.90 bits per heavy atom. The van der Waals surface area contributed by atoms with Crippen molar-refractivity contribution in [1.29, 1.82) is 0 Å². The first-order valence-corrected chi connectivity index (χ1v) is 7.97. The summed E-state index contributed by atoms with van der Waals surface area (Å²) < 4.78 is 11.2. The Morgan fingerprint density at radius 3 is 2.48 bits per heavy atom. The van der Waals surface area contributed by atoms with Gasteiger partial charge >= 0.3 is 5.97 Å². The van der Waals surface area contributed by atoms with Crippen molar-refractivity contribution in [3.8, 4) is 5.75 Å². The van der Waals surface area contributed by atoms with Crippen LogP contribution in [0.4, 0.5) is 0 Å². The topological polar surface area (TPSA) is 48.4 Å². The molecule has 0 radical (unpaired) electrons. The molecule has 1 heterocycles. The van der Waals surface area contributed by atoms with Gasteiger partial charge in [-0.25, -0.2) is 0 Å². The van der Waals surface area contributed by atoms with Crippen molar-refractivity contribution in [3.63, 3.8) is 0 Å². The summed E-state index contributed by atoms with van der Waals surface area (Å²) in [7, 11) is 0. The summed E-state index contributed by atoms with van der Waals surface area (Å²) in [5.41, 5.74) is 0. The smallest absolute Gasteiger partial charge is 0.309 e. The second kappa shape index (κ2) is 8.01. The summed E-state index contributed by atoms with van der Waals surface area (Å²) in [6.45, 7) is 4.40. The number of pyridine rings is 1. The van der Waals surface area contributed by atoms with Crippen LogP contribution in [-0.2, 0) is 9.53 Å². The second-order valence-electron chi connectivity index (χ2n) is 5.60. The summed E-state index contributed by atoms with van der Waals surface area (Å²) in [5, 5.41) is 0. The fraction of sp³-hybridized carbons (Fsp3) is 0.647. The largest absolute Gasteiger partial charge is 0.490 e. The van der Waals surface area contributed by atoms with Gasteiger partial charge in [0.25, 0.3) is 0 Å². The maximum absolute atomic E-state index is 12.0. The van der Waals surface area contributed by atoms with E-state index in [-0.39, 0.29) is 18.0 Å². The average Bonchev–Trinajstić information content (AvgIpc) is 2.51. The van der Waals surface area contributed by atoms with Gasteiger partial charge in [-0.15, -0.1) is 0 Å². The fourth-order valence-electron chi connectivity index (χ4n) is 3.16. The summed E-state index contributed by atoms with van der Waals surface area (Å²) in [4.78, 5) is 16.0. The lowest BCUT2D eigenvalue weighted by Crippen LogP contribution is -2.32. The lowest BCUT2D eigenvalue weighted by atomic mass is 9.78. The molecule has 21 heavy (non-hydrogen) atoms. The van der Waals surface area contributed by atoms with Crippen molar-refractivity contribution in [2.45, 2.75) is 52.1 Å². The zero-order valence-corrected chi connectivity index (χ0v) is 13.0. The summed E-state index contributed by atoms with van der Waals surface area (Å²) in [5.74, 6) is 1.34. The highest BCUT2D eigenvalue weighted by Crippen LogP contribution is 2.34. The second-order valence-corrected chi connectivity index (χ2v) is 5.60. The van der Waals surface area contributed by atoms with E-state index in [4.69, 9.17) is 9.47 Å². The fourth-order valence-corrected chi connectivity index (χ4v) is 3.16. The number of aromatic nitrogens is 1. The number of hydrogen-bond acceptors (Lipinski definition) is 4. The van der Waals surface area contributed by atoms with Crippen LogP contribution in [0.5, 0.6) is 5.75 Å². The molecular weight excluding hydrogens is 266 g/mol. The molecule has 1 aromatic heterocycles. The maximum Gasteiger partial charge on any atom is 0.309 e. The summed E-state index contributed by atoms with van der Waals surface area (Å²) in [6, 6.07) is 3.78. The van der Waals surface area contributed by atoms with Crippen molar-refractivity contribution < 1.29 is 14.3 Å². The Morgan fingerprint density at radius 1 is 1.24 bits per heavy atom. The molecule has 1 aliphatic rings. The van der Waals surface area contributed by atoms with Crippen molar-refractivity contribution in [2.24, 2.45) is 11.8 Å². The molecule has 0 aliphatic heterocycles. The van der Waals surface area contributed by atoms with E-state index in [2.05, 4.69) is 11.9 Å². The zero-order chi connectivity index (χ0) is 15.1. The van der Waals surface area contributed by atoms with Crippen LogP contribution in [0.25, 0.3) is 0 Å². The van der Waals surface area contributed by atoms with Crippen LogP contribution in [0.2, 0.25) is 0 Å². The minimum absolute atomic E-state index is 0.0292. The van der Waals surface area contributed by atoms with Gasteiger partial charge in [0.2, 0.25) is 0 Å². The molecule has 1 saturated carbocycles. The minimum Gasteiger partial charge on any atom is -0.490 e. The normalized spacial score (nSPS) is 23.3. The molecule has 1 fully saturated rings. The van der Waals surface area contributed by atoms with E-state index in [1.807, 2.05) is 19.1 Å². The van der Waals surface area contributed by atoms with Crippen LogP contribution in [0.3, 0.4) is 0 Å². The van der Waals surface area contributed by atoms with Crippen LogP contribution in [0, 0.1) is 11.8 Å². The molecule has 0 saturated heterocycles. The van der Waals surface area contributed by atoms with Gasteiger partial charge in [-0.3, -0.25) is 9.78 Å². The third kappa shape index (κ3) is 4.45. The highest BCUT2D eigenvalue weighted by atomic mass is 16.5. The molecular formula is C17H25NO3. The zero-order valence-electron chi connectivity index (χ0n) is 13.0. The van der Waals surface area contributed by atoms with Crippen molar-refractivity contribution in [3.05, 3.63) is 24.5 Å². The van der Waals surface area contributed by atoms with E-state index in [9.17, 15) is 4.79 Å². The van der Waals surface area contributed by atoms with Crippen molar-refractivity contribution in [1.82, 2.24) is 4.98 Å². The standard InChI is InChI=1S/C17H25NO3/c1-3-16(17(19)20-4-2)13-5-7-14(8-6-13)21-15-9-11-18-12-10-15/h9-14,16H,3-8H2,1-2H3. The van der Waals surface area contributed by atoms with Gasteiger partial charge in [0, 0.05) is 12.4 Å². The van der Waals surface area contributed by atoms with Gasteiger partial charge in [-0.05, 0) is 57.1 Å². The lowest BCUT2D eigenvalue weighted by Gasteiger charge is -2.32. The maximum atomic E-state index is 12.0. The first kappa shape index (κ1) is 15.8. The van der Waals surface area contributed by atoms with Gasteiger partial charge in [0.15, 0.2) is 0 Å². The van der Waals surface area contributed by atoms with Gasteiger partial charge in [0.05, 0.1) is 18.6 Å². The third-order valence-corrected chi connectivity index (χ3v) is 4.27. The van der Waals surface area contributed by atoms with E-state index < -0.39 is 0 Å². The summed E-state index contributed by atoms with van der Waals surface area (Å²) in [6.07, 6.45) is 8.68. The van der Waals surface area contributed by atoms with Crippen LogP contribution < -0.4 is 4.74 Å². The number of carbonyl (C=O) groups is 1. The van der Waals surface area contributed by atoms with E-state index >= 15 is 0 Å². The molecule has 4 nitrogen and oxygen atoms in total. The molecule has 116 valence electrons. The number of ether oxygens (including phenoxy) is 2. The Labute approximate surface area is 126 Å². The highest BCUT2D eigenvalue weighted by Gasteiger charge is 2.32. The van der Waals surface area contributed by atoms with E-state index in [0.717, 1.165) is 37.9 Å². The molecule has 1 aliphatic carbocycles. The number of carbonyl (C=O) groups excluding carboxylic acids is 1. The van der Waals surface area contributed by atoms with Crippen LogP contribution in [-0.4, -0.2) is 23.7 Å². The first-order chi connectivity index (χ1) is 10.2. The monoisotopic (exact) mass is 291 g/mol. The van der Waals surface area contributed by atoms with E-state index in [1.165, 1.54) is 0 Å². The molecule has 0 spiro atoms. The van der Waals surface area contributed by atoms with Crippen LogP contribution in [0.1, 0.15) is 46.0 Å². The van der Waals surface area contributed by atoms with Gasteiger partial charge < -0.3 is 9.47 Å². The van der Waals surface area contributed by atoms with Gasteiger partial charge in [-0.2, -0.15) is 0 Å². The Kier molecular flexibility index (Phi) is 6.03. The molecule has 0 aromatic carbocycles. The molecule has 0 amide bonds. The third-order valence-electron chi connectivity index (χ3n) is 4.27. The SMILES string of the molecule is CCOC(=O)C(CC)C1CCC(Oc2ccncc2)CC1. The molecule has 1 atom stereocenters. The molecule has 1 unspecified atom stereocenters. The number of nitrogens with zero attached hydrogens (tertiary/aromatic N) is 1. The molecule has 0 bridgehead atoms. The number of rotatable bonds is 6. The van der Waals surface area contributed by atoms with Crippen LogP contribution in [0.15, 0.2) is 24.5 Å². The predicted molar refractivity (Wildman–Crippen MR) is 81.0 cm³/mol. The van der Waals surface area contributed by atoms with Crippen LogP contribution >= 0.6 is 0 Å². The van der Waals surface area contributed by atoms with Crippen molar-refractivity contribution in [2.75, 3.05) is 6.61 Å². The molecule has 1 aromatic rings. The predicted octanol–water partition coefficient (Wildman–Crippen LogP) is 3.61. The summed E-state index contributed by atoms with van der Waals surface area (Å²) >= 11 is 0. The van der Waals surface area contributed by atoms with Gasteiger partial charge in [0.1, 0.15) is 5.75 Å². The lowest BCUT2D eigenvalue weighted by molar-refractivity contribution is -0.151. The van der Waals surface area contributed by atoms with E-state index in [1.54, 1.807) is 12.4 Å². The molecule has 0 N–H and O–H groups in total. The Bertz CT molecular complexity index is 427. The minimum atomic E-state index is -0.0292. The molecule has 2 rings (SSSR count).